The summed E-state index contributed by atoms with van der Waals surface area (Å²) in [6.45, 7) is 2.01. The molecule has 1 aromatic carbocycles. The third-order valence-corrected chi connectivity index (χ3v) is 3.37. The average molecular weight is 236 g/mol. The Morgan fingerprint density at radius 2 is 2.00 bits per heavy atom. The highest BCUT2D eigenvalue weighted by Gasteiger charge is 2.37. The maximum absolute atomic E-state index is 10.4. The number of benzene rings is 1. The van der Waals surface area contributed by atoms with E-state index >= 15 is 0 Å². The van der Waals surface area contributed by atoms with Gasteiger partial charge in [-0.2, -0.15) is 0 Å². The molecule has 0 heterocycles. The van der Waals surface area contributed by atoms with E-state index in [0.717, 1.165) is 29.7 Å². The van der Waals surface area contributed by atoms with E-state index in [0.29, 0.717) is 5.92 Å². The van der Waals surface area contributed by atoms with Gasteiger partial charge in [-0.25, -0.2) is 0 Å². The van der Waals surface area contributed by atoms with Crippen LogP contribution in [0.1, 0.15) is 30.1 Å². The fourth-order valence-corrected chi connectivity index (χ4v) is 2.27. The van der Waals surface area contributed by atoms with Crippen LogP contribution in [-0.2, 0) is 4.74 Å². The lowest BCUT2D eigenvalue weighted by molar-refractivity contribution is -0.0268. The fraction of sp³-hybridized carbons (Fsp3) is 0.571. The summed E-state index contributed by atoms with van der Waals surface area (Å²) in [5, 5.41) is 10.4. The molecule has 1 aliphatic carbocycles. The summed E-state index contributed by atoms with van der Waals surface area (Å²) >= 11 is 0. The summed E-state index contributed by atoms with van der Waals surface area (Å²) < 4.78 is 10.7. The molecule has 0 amide bonds. The molecule has 17 heavy (non-hydrogen) atoms. The summed E-state index contributed by atoms with van der Waals surface area (Å²) in [5.41, 5.74) is 1.94. The predicted octanol–water partition coefficient (Wildman–Crippen LogP) is 2.46. The van der Waals surface area contributed by atoms with E-state index in [9.17, 15) is 5.11 Å². The largest absolute Gasteiger partial charge is 0.496 e. The van der Waals surface area contributed by atoms with E-state index in [1.165, 1.54) is 0 Å². The Bertz CT molecular complexity index is 385. The molecular formula is C14H20O3. The molecule has 2 unspecified atom stereocenters. The number of methoxy groups -OCH3 is 2. The molecule has 3 heteroatoms. The molecule has 2 atom stereocenters. The van der Waals surface area contributed by atoms with Crippen LogP contribution in [0.2, 0.25) is 0 Å². The Morgan fingerprint density at radius 1 is 1.29 bits per heavy atom. The molecule has 0 radical (unpaired) electrons. The highest BCUT2D eigenvalue weighted by atomic mass is 16.5. The average Bonchev–Trinajstić information content (AvgIpc) is 3.14. The van der Waals surface area contributed by atoms with Crippen molar-refractivity contribution in [2.24, 2.45) is 5.92 Å². The van der Waals surface area contributed by atoms with Crippen LogP contribution in [0.3, 0.4) is 0 Å². The van der Waals surface area contributed by atoms with Crippen molar-refractivity contribution in [1.29, 1.82) is 0 Å². The van der Waals surface area contributed by atoms with Gasteiger partial charge in [-0.3, -0.25) is 0 Å². The Balaban J connectivity index is 2.27. The van der Waals surface area contributed by atoms with Gasteiger partial charge in [0.1, 0.15) is 11.9 Å². The minimum Gasteiger partial charge on any atom is -0.496 e. The lowest BCUT2D eigenvalue weighted by atomic mass is 9.98. The topological polar surface area (TPSA) is 38.7 Å². The first kappa shape index (κ1) is 12.4. The molecule has 0 spiro atoms. The Hall–Kier alpha value is -1.06. The van der Waals surface area contributed by atoms with E-state index in [1.54, 1.807) is 14.2 Å². The van der Waals surface area contributed by atoms with Gasteiger partial charge in [-0.15, -0.1) is 0 Å². The third kappa shape index (κ3) is 2.61. The first-order valence-corrected chi connectivity index (χ1v) is 6.02. The van der Waals surface area contributed by atoms with E-state index in [4.69, 9.17) is 9.47 Å². The van der Waals surface area contributed by atoms with Gasteiger partial charge in [-0.05, 0) is 37.8 Å². The summed E-state index contributed by atoms with van der Waals surface area (Å²) in [7, 11) is 3.29. The van der Waals surface area contributed by atoms with Crippen molar-refractivity contribution in [3.8, 4) is 5.75 Å². The SMILES string of the molecule is COc1ccc(C)cc1C(O)C(OC)C1CC1. The predicted molar refractivity (Wildman–Crippen MR) is 66.2 cm³/mol. The summed E-state index contributed by atoms with van der Waals surface area (Å²) in [6, 6.07) is 5.85. The molecule has 0 saturated heterocycles. The molecule has 94 valence electrons. The number of hydrogen-bond acceptors (Lipinski definition) is 3. The van der Waals surface area contributed by atoms with Gasteiger partial charge in [0.2, 0.25) is 0 Å². The molecule has 1 aliphatic rings. The molecule has 2 rings (SSSR count). The summed E-state index contributed by atoms with van der Waals surface area (Å²) in [6.07, 6.45) is 1.56. The van der Waals surface area contributed by atoms with Crippen molar-refractivity contribution < 1.29 is 14.6 Å². The molecular weight excluding hydrogens is 216 g/mol. The molecule has 1 N–H and O–H groups in total. The molecule has 0 aliphatic heterocycles. The van der Waals surface area contributed by atoms with E-state index in [2.05, 4.69) is 0 Å². The van der Waals surface area contributed by atoms with Crippen LogP contribution in [0.4, 0.5) is 0 Å². The van der Waals surface area contributed by atoms with Crippen LogP contribution < -0.4 is 4.74 Å². The standard InChI is InChI=1S/C14H20O3/c1-9-4-7-12(16-2)11(8-9)13(15)14(17-3)10-5-6-10/h4,7-8,10,13-15H,5-6H2,1-3H3. The van der Waals surface area contributed by atoms with Crippen LogP contribution >= 0.6 is 0 Å². The molecule has 1 saturated carbocycles. The zero-order valence-corrected chi connectivity index (χ0v) is 10.6. The molecule has 1 fully saturated rings. The van der Waals surface area contributed by atoms with Gasteiger partial charge >= 0.3 is 0 Å². The van der Waals surface area contributed by atoms with Gasteiger partial charge in [0.05, 0.1) is 13.2 Å². The van der Waals surface area contributed by atoms with Crippen molar-refractivity contribution in [3.63, 3.8) is 0 Å². The second-order valence-corrected chi connectivity index (χ2v) is 4.73. The number of ether oxygens (including phenoxy) is 2. The monoisotopic (exact) mass is 236 g/mol. The van der Waals surface area contributed by atoms with Crippen LogP contribution in [0.5, 0.6) is 5.75 Å². The lowest BCUT2D eigenvalue weighted by Gasteiger charge is -2.23. The van der Waals surface area contributed by atoms with E-state index in [1.807, 2.05) is 25.1 Å². The van der Waals surface area contributed by atoms with Crippen LogP contribution in [0.15, 0.2) is 18.2 Å². The molecule has 3 nitrogen and oxygen atoms in total. The molecule has 1 aromatic rings. The number of aliphatic hydroxyl groups is 1. The summed E-state index contributed by atoms with van der Waals surface area (Å²) in [4.78, 5) is 0. The maximum atomic E-state index is 10.4. The minimum absolute atomic E-state index is 0.120. The maximum Gasteiger partial charge on any atom is 0.124 e. The Kier molecular flexibility index (Phi) is 3.69. The van der Waals surface area contributed by atoms with Crippen LogP contribution in [0.25, 0.3) is 0 Å². The number of aryl methyl sites for hydroxylation is 1. The van der Waals surface area contributed by atoms with Crippen molar-refractivity contribution in [3.05, 3.63) is 29.3 Å². The first-order valence-electron chi connectivity index (χ1n) is 6.02. The lowest BCUT2D eigenvalue weighted by Crippen LogP contribution is -2.23. The third-order valence-electron chi connectivity index (χ3n) is 3.37. The van der Waals surface area contributed by atoms with Gasteiger partial charge < -0.3 is 14.6 Å². The summed E-state index contributed by atoms with van der Waals surface area (Å²) in [5.74, 6) is 1.21. The Labute approximate surface area is 102 Å². The Morgan fingerprint density at radius 3 is 2.53 bits per heavy atom. The van der Waals surface area contributed by atoms with E-state index < -0.39 is 6.10 Å². The minimum atomic E-state index is -0.609. The quantitative estimate of drug-likeness (QED) is 0.853. The number of rotatable bonds is 5. The van der Waals surface area contributed by atoms with Crippen LogP contribution in [0, 0.1) is 12.8 Å². The number of aliphatic hydroxyl groups excluding tert-OH is 1. The highest BCUT2D eigenvalue weighted by Crippen LogP contribution is 2.41. The zero-order valence-electron chi connectivity index (χ0n) is 10.6. The van der Waals surface area contributed by atoms with Crippen molar-refractivity contribution in [2.45, 2.75) is 32.0 Å². The first-order chi connectivity index (χ1) is 8.17. The van der Waals surface area contributed by atoms with Gasteiger partial charge in [-0.1, -0.05) is 11.6 Å². The molecule has 0 aromatic heterocycles. The normalized spacial score (nSPS) is 18.8. The zero-order chi connectivity index (χ0) is 12.4. The highest BCUT2D eigenvalue weighted by molar-refractivity contribution is 5.39. The van der Waals surface area contributed by atoms with Gasteiger partial charge in [0, 0.05) is 12.7 Å². The van der Waals surface area contributed by atoms with Crippen molar-refractivity contribution in [1.82, 2.24) is 0 Å². The smallest absolute Gasteiger partial charge is 0.124 e. The second kappa shape index (κ2) is 5.07. The van der Waals surface area contributed by atoms with Crippen molar-refractivity contribution >= 4 is 0 Å². The fourth-order valence-electron chi connectivity index (χ4n) is 2.27. The van der Waals surface area contributed by atoms with Gasteiger partial charge in [0.15, 0.2) is 0 Å². The van der Waals surface area contributed by atoms with Crippen LogP contribution in [-0.4, -0.2) is 25.4 Å². The second-order valence-electron chi connectivity index (χ2n) is 4.73. The molecule has 0 bridgehead atoms. The number of hydrogen-bond donors (Lipinski definition) is 1. The van der Waals surface area contributed by atoms with Gasteiger partial charge in [0.25, 0.3) is 0 Å². The van der Waals surface area contributed by atoms with E-state index in [-0.39, 0.29) is 6.10 Å². The van der Waals surface area contributed by atoms with Crippen molar-refractivity contribution in [2.75, 3.05) is 14.2 Å².